The molecule has 1 rings (SSSR count). The Bertz CT molecular complexity index is 358. The predicted molar refractivity (Wildman–Crippen MR) is 73.4 cm³/mol. The number of halogens is 2. The number of ether oxygens (including phenoxy) is 1. The monoisotopic (exact) mass is 273 g/mol. The van der Waals surface area contributed by atoms with Crippen molar-refractivity contribution in [3.8, 4) is 0 Å². The first-order chi connectivity index (χ1) is 8.59. The molecule has 0 radical (unpaired) electrons. The average Bonchev–Trinajstić information content (AvgIpc) is 2.32. The second kappa shape index (κ2) is 8.46. The lowest BCUT2D eigenvalue weighted by Gasteiger charge is -2.08. The Labute approximate surface area is 113 Å². The van der Waals surface area contributed by atoms with E-state index in [9.17, 15) is 4.39 Å². The first kappa shape index (κ1) is 15.4. The summed E-state index contributed by atoms with van der Waals surface area (Å²) in [4.78, 5) is 0. The quantitative estimate of drug-likeness (QED) is 0.728. The van der Waals surface area contributed by atoms with E-state index in [2.05, 4.69) is 5.32 Å². The van der Waals surface area contributed by atoms with Crippen molar-refractivity contribution in [1.82, 2.24) is 5.32 Å². The third kappa shape index (κ3) is 6.34. The minimum Gasteiger partial charge on any atom is -0.379 e. The largest absolute Gasteiger partial charge is 0.379 e. The zero-order valence-corrected chi connectivity index (χ0v) is 11.8. The molecule has 2 nitrogen and oxygen atoms in total. The number of rotatable bonds is 8. The fourth-order valence-electron chi connectivity index (χ4n) is 1.55. The van der Waals surface area contributed by atoms with E-state index in [4.69, 9.17) is 16.3 Å². The molecule has 0 atom stereocenters. The highest BCUT2D eigenvalue weighted by Gasteiger charge is 2.00. The Morgan fingerprint density at radius 3 is 2.78 bits per heavy atom. The third-order valence-corrected chi connectivity index (χ3v) is 2.80. The van der Waals surface area contributed by atoms with Crippen LogP contribution in [0.3, 0.4) is 0 Å². The number of unbranched alkanes of at least 4 members (excludes halogenated alkanes) is 1. The molecule has 0 aliphatic carbocycles. The molecule has 18 heavy (non-hydrogen) atoms. The first-order valence-electron chi connectivity index (χ1n) is 6.36. The van der Waals surface area contributed by atoms with Gasteiger partial charge in [0, 0.05) is 13.2 Å². The molecule has 0 spiro atoms. The summed E-state index contributed by atoms with van der Waals surface area (Å²) in [5, 5.41) is 3.48. The minimum absolute atomic E-state index is 0.180. The number of hydrogen-bond acceptors (Lipinski definition) is 2. The van der Waals surface area contributed by atoms with Crippen LogP contribution in [0, 0.1) is 5.82 Å². The molecular weight excluding hydrogens is 253 g/mol. The van der Waals surface area contributed by atoms with Gasteiger partial charge in [0.2, 0.25) is 0 Å². The zero-order valence-electron chi connectivity index (χ0n) is 11.0. The molecule has 0 aliphatic heterocycles. The van der Waals surface area contributed by atoms with Crippen LogP contribution < -0.4 is 5.32 Å². The van der Waals surface area contributed by atoms with Crippen molar-refractivity contribution in [3.63, 3.8) is 0 Å². The second-order valence-corrected chi connectivity index (χ2v) is 4.96. The molecule has 1 N–H and O–H groups in total. The second-order valence-electron chi connectivity index (χ2n) is 4.55. The third-order valence-electron chi connectivity index (χ3n) is 2.51. The van der Waals surface area contributed by atoms with E-state index >= 15 is 0 Å². The van der Waals surface area contributed by atoms with Gasteiger partial charge in [-0.3, -0.25) is 0 Å². The predicted octanol–water partition coefficient (Wildman–Crippen LogP) is 3.77. The van der Waals surface area contributed by atoms with E-state index in [0.29, 0.717) is 12.6 Å². The van der Waals surface area contributed by atoms with Crippen LogP contribution in [0.15, 0.2) is 18.2 Å². The highest BCUT2D eigenvalue weighted by Crippen LogP contribution is 2.15. The summed E-state index contributed by atoms with van der Waals surface area (Å²) in [5.74, 6) is -0.369. The van der Waals surface area contributed by atoms with Crippen molar-refractivity contribution in [2.75, 3.05) is 13.2 Å². The molecule has 0 aliphatic rings. The van der Waals surface area contributed by atoms with E-state index in [0.717, 1.165) is 31.6 Å². The zero-order chi connectivity index (χ0) is 13.4. The van der Waals surface area contributed by atoms with Gasteiger partial charge in [-0.05, 0) is 50.9 Å². The number of nitrogens with one attached hydrogen (secondary N) is 1. The van der Waals surface area contributed by atoms with Gasteiger partial charge in [0.1, 0.15) is 5.82 Å². The molecule has 102 valence electrons. The van der Waals surface area contributed by atoms with Crippen molar-refractivity contribution in [1.29, 1.82) is 0 Å². The summed E-state index contributed by atoms with van der Waals surface area (Å²) < 4.78 is 18.4. The van der Waals surface area contributed by atoms with E-state index in [1.807, 2.05) is 13.8 Å². The normalized spacial score (nSPS) is 11.2. The lowest BCUT2D eigenvalue weighted by atomic mass is 10.2. The van der Waals surface area contributed by atoms with E-state index < -0.39 is 0 Å². The molecule has 0 saturated heterocycles. The summed E-state index contributed by atoms with van der Waals surface area (Å²) in [5.41, 5.74) is 1.000. The van der Waals surface area contributed by atoms with E-state index in [1.165, 1.54) is 6.07 Å². The van der Waals surface area contributed by atoms with Gasteiger partial charge >= 0.3 is 0 Å². The Morgan fingerprint density at radius 2 is 2.11 bits per heavy atom. The molecule has 0 amide bonds. The van der Waals surface area contributed by atoms with Crippen LogP contribution >= 0.6 is 11.6 Å². The van der Waals surface area contributed by atoms with Gasteiger partial charge in [0.15, 0.2) is 0 Å². The Balaban J connectivity index is 2.09. The Kier molecular flexibility index (Phi) is 7.25. The standard InChI is InChI=1S/C14H21ClFNO/c1-11(2)18-8-4-3-7-17-10-12-5-6-14(16)13(15)9-12/h5-6,9,11,17H,3-4,7-8,10H2,1-2H3. The van der Waals surface area contributed by atoms with Gasteiger partial charge in [0.05, 0.1) is 11.1 Å². The number of benzene rings is 1. The summed E-state index contributed by atoms with van der Waals surface area (Å²) in [6.07, 6.45) is 2.43. The molecule has 0 unspecified atom stereocenters. The molecular formula is C14H21ClFNO. The van der Waals surface area contributed by atoms with Crippen LogP contribution in [0.1, 0.15) is 32.3 Å². The van der Waals surface area contributed by atoms with E-state index in [1.54, 1.807) is 12.1 Å². The maximum atomic E-state index is 12.9. The lowest BCUT2D eigenvalue weighted by molar-refractivity contribution is 0.0760. The summed E-state index contributed by atoms with van der Waals surface area (Å²) in [6, 6.07) is 4.80. The van der Waals surface area contributed by atoms with Crippen LogP contribution in [0.2, 0.25) is 5.02 Å². The lowest BCUT2D eigenvalue weighted by Crippen LogP contribution is -2.15. The fraction of sp³-hybridized carbons (Fsp3) is 0.571. The molecule has 4 heteroatoms. The molecule has 0 aromatic heterocycles. The van der Waals surface area contributed by atoms with Crippen molar-refractivity contribution in [2.24, 2.45) is 0 Å². The van der Waals surface area contributed by atoms with Crippen LogP contribution in [0.5, 0.6) is 0 Å². The van der Waals surface area contributed by atoms with Crippen molar-refractivity contribution >= 4 is 11.6 Å². The van der Waals surface area contributed by atoms with Crippen molar-refractivity contribution in [3.05, 3.63) is 34.6 Å². The van der Waals surface area contributed by atoms with E-state index in [-0.39, 0.29) is 10.8 Å². The Hall–Kier alpha value is -0.640. The number of hydrogen-bond donors (Lipinski definition) is 1. The topological polar surface area (TPSA) is 21.3 Å². The van der Waals surface area contributed by atoms with Gasteiger partial charge in [-0.15, -0.1) is 0 Å². The van der Waals surface area contributed by atoms with Crippen LogP contribution in [0.25, 0.3) is 0 Å². The van der Waals surface area contributed by atoms with Crippen molar-refractivity contribution < 1.29 is 9.13 Å². The highest BCUT2D eigenvalue weighted by atomic mass is 35.5. The van der Waals surface area contributed by atoms with Gasteiger partial charge in [-0.1, -0.05) is 17.7 Å². The summed E-state index contributed by atoms with van der Waals surface area (Å²) in [7, 11) is 0. The highest BCUT2D eigenvalue weighted by molar-refractivity contribution is 6.30. The van der Waals surface area contributed by atoms with Gasteiger partial charge < -0.3 is 10.1 Å². The SMILES string of the molecule is CC(C)OCCCCNCc1ccc(F)c(Cl)c1. The van der Waals surface area contributed by atoms with Crippen LogP contribution in [-0.2, 0) is 11.3 Å². The summed E-state index contributed by atoms with van der Waals surface area (Å²) >= 11 is 5.71. The van der Waals surface area contributed by atoms with Crippen LogP contribution in [-0.4, -0.2) is 19.3 Å². The van der Waals surface area contributed by atoms with Crippen molar-refractivity contribution in [2.45, 2.75) is 39.3 Å². The molecule has 1 aromatic rings. The summed E-state index contributed by atoms with van der Waals surface area (Å²) in [6.45, 7) is 6.52. The fourth-order valence-corrected chi connectivity index (χ4v) is 1.76. The van der Waals surface area contributed by atoms with Gasteiger partial charge in [-0.2, -0.15) is 0 Å². The first-order valence-corrected chi connectivity index (χ1v) is 6.73. The minimum atomic E-state index is -0.369. The van der Waals surface area contributed by atoms with Crippen LogP contribution in [0.4, 0.5) is 4.39 Å². The molecule has 0 bridgehead atoms. The smallest absolute Gasteiger partial charge is 0.141 e. The maximum absolute atomic E-state index is 12.9. The van der Waals surface area contributed by atoms with Gasteiger partial charge in [-0.25, -0.2) is 4.39 Å². The van der Waals surface area contributed by atoms with Gasteiger partial charge in [0.25, 0.3) is 0 Å². The average molecular weight is 274 g/mol. The molecule has 0 saturated carbocycles. The molecule has 0 heterocycles. The molecule has 1 aromatic carbocycles. The molecule has 0 fully saturated rings. The maximum Gasteiger partial charge on any atom is 0.141 e. The Morgan fingerprint density at radius 1 is 1.33 bits per heavy atom.